The highest BCUT2D eigenvalue weighted by atomic mass is 35.5. The summed E-state index contributed by atoms with van der Waals surface area (Å²) in [5, 5.41) is 0.378. The number of halogens is 1. The van der Waals surface area contributed by atoms with E-state index in [1.807, 2.05) is 27.7 Å². The van der Waals surface area contributed by atoms with E-state index in [2.05, 4.69) is 6.58 Å². The lowest BCUT2D eigenvalue weighted by atomic mass is 10.2. The van der Waals surface area contributed by atoms with E-state index < -0.39 is 5.91 Å². The number of nitrogens with two attached hydrogens (primary N) is 1. The summed E-state index contributed by atoms with van der Waals surface area (Å²) in [4.78, 5) is 11.2. The number of allylic oxidation sites excluding steroid dienone is 1. The van der Waals surface area contributed by atoms with Crippen LogP contribution in [0.2, 0.25) is 0 Å². The van der Waals surface area contributed by atoms with Crippen molar-refractivity contribution in [1.29, 1.82) is 0 Å². The van der Waals surface area contributed by atoms with Crippen LogP contribution in [0.25, 0.3) is 0 Å². The molecule has 19 heavy (non-hydrogen) atoms. The van der Waals surface area contributed by atoms with Crippen LogP contribution in [0.15, 0.2) is 35.1 Å². The Hall–Kier alpha value is -1.26. The zero-order valence-electron chi connectivity index (χ0n) is 11.9. The smallest absolute Gasteiger partial charge is 0.248 e. The minimum absolute atomic E-state index is 0.0491. The number of primary amides is 1. The van der Waals surface area contributed by atoms with Gasteiger partial charge in [0.25, 0.3) is 0 Å². The second-order valence-electron chi connectivity index (χ2n) is 4.46. The van der Waals surface area contributed by atoms with Crippen LogP contribution in [-0.4, -0.2) is 24.7 Å². The zero-order chi connectivity index (χ0) is 15.0. The highest BCUT2D eigenvalue weighted by Gasteiger charge is 2.10. The molecule has 0 aromatic carbocycles. The Morgan fingerprint density at radius 2 is 1.89 bits per heavy atom. The quantitative estimate of drug-likeness (QED) is 0.424. The topological polar surface area (TPSA) is 61.6 Å². The van der Waals surface area contributed by atoms with E-state index in [0.717, 1.165) is 0 Å². The van der Waals surface area contributed by atoms with Crippen LogP contribution in [0.1, 0.15) is 27.7 Å². The van der Waals surface area contributed by atoms with Gasteiger partial charge < -0.3 is 15.2 Å². The summed E-state index contributed by atoms with van der Waals surface area (Å²) >= 11 is 6.14. The Labute approximate surface area is 119 Å². The van der Waals surface area contributed by atoms with Crippen molar-refractivity contribution in [3.63, 3.8) is 0 Å². The molecular weight excluding hydrogens is 266 g/mol. The Morgan fingerprint density at radius 1 is 1.32 bits per heavy atom. The van der Waals surface area contributed by atoms with Gasteiger partial charge in [0.2, 0.25) is 5.91 Å². The average molecular weight is 288 g/mol. The van der Waals surface area contributed by atoms with Crippen molar-refractivity contribution < 1.29 is 14.3 Å². The fourth-order valence-corrected chi connectivity index (χ4v) is 1.28. The third-order valence-corrected chi connectivity index (χ3v) is 2.26. The lowest BCUT2D eigenvalue weighted by Gasteiger charge is -2.15. The molecule has 0 aliphatic heterocycles. The van der Waals surface area contributed by atoms with Crippen LogP contribution in [-0.2, 0) is 14.3 Å². The first-order chi connectivity index (χ1) is 8.77. The van der Waals surface area contributed by atoms with Gasteiger partial charge in [0.05, 0.1) is 23.8 Å². The molecule has 2 N–H and O–H groups in total. The number of hydrogen-bond donors (Lipinski definition) is 1. The number of hydrogen-bond acceptors (Lipinski definition) is 3. The second kappa shape index (κ2) is 8.77. The molecule has 0 fully saturated rings. The van der Waals surface area contributed by atoms with E-state index in [-0.39, 0.29) is 24.4 Å². The monoisotopic (exact) mass is 287 g/mol. The van der Waals surface area contributed by atoms with Crippen molar-refractivity contribution in [1.82, 2.24) is 0 Å². The molecular formula is C14H22ClNO3. The van der Waals surface area contributed by atoms with Gasteiger partial charge in [-0.2, -0.15) is 0 Å². The van der Waals surface area contributed by atoms with Gasteiger partial charge in [0.1, 0.15) is 5.76 Å². The molecule has 0 aromatic heterocycles. The van der Waals surface area contributed by atoms with E-state index in [9.17, 15) is 4.79 Å². The zero-order valence-corrected chi connectivity index (χ0v) is 12.7. The van der Waals surface area contributed by atoms with Crippen molar-refractivity contribution in [2.45, 2.75) is 39.9 Å². The van der Waals surface area contributed by atoms with Crippen molar-refractivity contribution in [3.8, 4) is 0 Å². The van der Waals surface area contributed by atoms with Gasteiger partial charge in [-0.3, -0.25) is 4.79 Å². The summed E-state index contributed by atoms with van der Waals surface area (Å²) in [6, 6.07) is 0. The third kappa shape index (κ3) is 7.70. The molecule has 4 nitrogen and oxygen atoms in total. The number of rotatable bonds is 8. The summed E-state index contributed by atoms with van der Waals surface area (Å²) in [5.41, 5.74) is 5.45. The molecule has 0 radical (unpaired) electrons. The number of carbonyl (C=O) groups is 1. The Morgan fingerprint density at radius 3 is 2.26 bits per heavy atom. The van der Waals surface area contributed by atoms with Crippen molar-refractivity contribution in [2.24, 2.45) is 5.73 Å². The van der Waals surface area contributed by atoms with E-state index in [0.29, 0.717) is 10.8 Å². The number of amides is 1. The van der Waals surface area contributed by atoms with E-state index in [1.165, 1.54) is 12.2 Å². The van der Waals surface area contributed by atoms with Crippen LogP contribution in [0.3, 0.4) is 0 Å². The predicted molar refractivity (Wildman–Crippen MR) is 77.7 cm³/mol. The Kier molecular flexibility index (Phi) is 8.19. The minimum Gasteiger partial charge on any atom is -0.490 e. The summed E-state index contributed by atoms with van der Waals surface area (Å²) < 4.78 is 11.0. The van der Waals surface area contributed by atoms with Crippen molar-refractivity contribution in [3.05, 3.63) is 35.1 Å². The second-order valence-corrected chi connectivity index (χ2v) is 4.92. The molecule has 0 rings (SSSR count). The molecule has 0 spiro atoms. The van der Waals surface area contributed by atoms with E-state index in [4.69, 9.17) is 26.8 Å². The highest BCUT2D eigenvalue weighted by molar-refractivity contribution is 6.30. The molecule has 0 saturated heterocycles. The molecule has 0 unspecified atom stereocenters. The Balaban J connectivity index is 5.23. The van der Waals surface area contributed by atoms with Crippen LogP contribution >= 0.6 is 11.6 Å². The molecule has 1 amide bonds. The predicted octanol–water partition coefficient (Wildman–Crippen LogP) is 2.88. The maximum absolute atomic E-state index is 11.2. The molecule has 0 aliphatic carbocycles. The van der Waals surface area contributed by atoms with Crippen molar-refractivity contribution in [2.75, 3.05) is 6.61 Å². The fraction of sp³-hybridized carbons (Fsp3) is 0.500. The normalized spacial score (nSPS) is 13.5. The first-order valence-electron chi connectivity index (χ1n) is 6.08. The minimum atomic E-state index is -0.589. The molecule has 0 bridgehead atoms. The van der Waals surface area contributed by atoms with Gasteiger partial charge in [0, 0.05) is 5.57 Å². The first kappa shape index (κ1) is 17.7. The van der Waals surface area contributed by atoms with Gasteiger partial charge >= 0.3 is 0 Å². The summed E-state index contributed by atoms with van der Waals surface area (Å²) in [6.07, 6.45) is 2.80. The number of carbonyl (C=O) groups excluding carboxylic acids is 1. The summed E-state index contributed by atoms with van der Waals surface area (Å²) in [6.45, 7) is 11.3. The maximum Gasteiger partial charge on any atom is 0.248 e. The molecule has 0 saturated carbocycles. The molecule has 0 aliphatic rings. The van der Waals surface area contributed by atoms with Gasteiger partial charge in [-0.1, -0.05) is 24.3 Å². The van der Waals surface area contributed by atoms with E-state index >= 15 is 0 Å². The van der Waals surface area contributed by atoms with Gasteiger partial charge in [-0.15, -0.1) is 0 Å². The summed E-state index contributed by atoms with van der Waals surface area (Å²) in [5.74, 6) is -0.222. The SMILES string of the molecule is C=C/C(=C\C(OC(C)C)=C(\Cl)COC(C)C)C(N)=O. The highest BCUT2D eigenvalue weighted by Crippen LogP contribution is 2.18. The van der Waals surface area contributed by atoms with E-state index in [1.54, 1.807) is 0 Å². The molecule has 5 heteroatoms. The summed E-state index contributed by atoms with van der Waals surface area (Å²) in [7, 11) is 0. The van der Waals surface area contributed by atoms with Crippen molar-refractivity contribution >= 4 is 17.5 Å². The van der Waals surface area contributed by atoms with Crippen LogP contribution in [0, 0.1) is 0 Å². The standard InChI is InChI=1S/C14H22ClNO3/c1-6-11(14(16)17)7-13(19-10(4)5)12(15)8-18-9(2)3/h6-7,9-10H,1,8H2,2-5H3,(H2,16,17)/b11-7+,13-12-. The van der Waals surface area contributed by atoms with Crippen LogP contribution in [0.5, 0.6) is 0 Å². The van der Waals surface area contributed by atoms with Crippen LogP contribution < -0.4 is 5.73 Å². The maximum atomic E-state index is 11.2. The first-order valence-corrected chi connectivity index (χ1v) is 6.46. The van der Waals surface area contributed by atoms with Crippen LogP contribution in [0.4, 0.5) is 0 Å². The van der Waals surface area contributed by atoms with Gasteiger partial charge in [-0.05, 0) is 33.8 Å². The molecule has 0 heterocycles. The Bertz CT molecular complexity index is 384. The third-order valence-electron chi connectivity index (χ3n) is 1.96. The molecule has 0 atom stereocenters. The largest absolute Gasteiger partial charge is 0.490 e. The average Bonchev–Trinajstić information content (AvgIpc) is 2.30. The lowest BCUT2D eigenvalue weighted by molar-refractivity contribution is -0.114. The molecule has 108 valence electrons. The fourth-order valence-electron chi connectivity index (χ4n) is 1.11. The lowest BCUT2D eigenvalue weighted by Crippen LogP contribution is -2.14. The number of ether oxygens (including phenoxy) is 2. The van der Waals surface area contributed by atoms with Gasteiger partial charge in [-0.25, -0.2) is 0 Å². The molecule has 0 aromatic rings. The van der Waals surface area contributed by atoms with Gasteiger partial charge in [0.15, 0.2) is 0 Å².